The summed E-state index contributed by atoms with van der Waals surface area (Å²) in [5.74, 6) is -0.150. The third-order valence-corrected chi connectivity index (χ3v) is 10.1. The summed E-state index contributed by atoms with van der Waals surface area (Å²) in [5, 5.41) is 25.9. The van der Waals surface area contributed by atoms with Gasteiger partial charge in [-0.1, -0.05) is 109 Å². The fourth-order valence-corrected chi connectivity index (χ4v) is 7.58. The maximum atomic E-state index is 10.8. The van der Waals surface area contributed by atoms with Gasteiger partial charge in [-0.3, -0.25) is 9.55 Å². The van der Waals surface area contributed by atoms with Crippen LogP contribution in [0.2, 0.25) is 0 Å². The Labute approximate surface area is 303 Å². The lowest BCUT2D eigenvalue weighted by Crippen LogP contribution is -2.27. The van der Waals surface area contributed by atoms with Crippen molar-refractivity contribution >= 4 is 59.2 Å². The molecule has 0 saturated heterocycles. The van der Waals surface area contributed by atoms with E-state index in [1.54, 1.807) is 6.92 Å². The fraction of sp³-hybridized carbons (Fsp3) is 0.0222. The lowest BCUT2D eigenvalue weighted by molar-refractivity contribution is 0.404. The van der Waals surface area contributed by atoms with E-state index in [9.17, 15) is 10.2 Å². The van der Waals surface area contributed by atoms with Crippen molar-refractivity contribution in [3.05, 3.63) is 151 Å². The van der Waals surface area contributed by atoms with Crippen molar-refractivity contribution in [3.8, 4) is 62.0 Å². The lowest BCUT2D eigenvalue weighted by Gasteiger charge is -2.21. The molecule has 2 aromatic heterocycles. The average Bonchev–Trinajstić information content (AvgIpc) is 3.58. The van der Waals surface area contributed by atoms with Gasteiger partial charge in [0.1, 0.15) is 21.5 Å². The number of pyridine rings is 1. The zero-order valence-corrected chi connectivity index (χ0v) is 28.2. The molecular formula is C45H29B2N3O2. The van der Waals surface area contributed by atoms with Crippen LogP contribution in [0.5, 0.6) is 11.5 Å². The number of aromatic hydroxyl groups is 2. The van der Waals surface area contributed by atoms with Gasteiger partial charge in [-0.2, -0.15) is 0 Å². The standard InChI is InChI=1S/C45H29B2N3O2/c1-26-40(46)42(41(47)44(52)43(26)51)50-37-20-9-8-19-36(37)49-45(50)29-12-10-11-28(25-29)38-32-15-4-6-17-34(32)39(35-18-7-5-16-33(35)38)31-14-3-2-13-30(31)27-21-23-48-24-22-27/h2-25,51-52H,1H3. The first-order valence-electron chi connectivity index (χ1n) is 17.0. The van der Waals surface area contributed by atoms with Crippen molar-refractivity contribution in [2.24, 2.45) is 0 Å². The molecule has 0 aliphatic heterocycles. The number of hydrogen-bond donors (Lipinski definition) is 2. The predicted octanol–water partition coefficient (Wildman–Crippen LogP) is 8.70. The van der Waals surface area contributed by atoms with Crippen molar-refractivity contribution in [2.75, 3.05) is 0 Å². The molecule has 9 aromatic rings. The van der Waals surface area contributed by atoms with Crippen LogP contribution in [0.4, 0.5) is 0 Å². The lowest BCUT2D eigenvalue weighted by atomic mass is 9.80. The second-order valence-corrected chi connectivity index (χ2v) is 13.0. The van der Waals surface area contributed by atoms with Crippen molar-refractivity contribution < 1.29 is 10.2 Å². The molecule has 7 aromatic carbocycles. The van der Waals surface area contributed by atoms with Gasteiger partial charge in [-0.15, -0.1) is 0 Å². The number of hydrogen-bond acceptors (Lipinski definition) is 4. The zero-order chi connectivity index (χ0) is 35.5. The highest BCUT2D eigenvalue weighted by molar-refractivity contribution is 6.44. The molecule has 7 heteroatoms. The Morgan fingerprint density at radius 2 is 1.12 bits per heavy atom. The topological polar surface area (TPSA) is 71.2 Å². The largest absolute Gasteiger partial charge is 0.505 e. The highest BCUT2D eigenvalue weighted by Crippen LogP contribution is 2.46. The molecule has 2 N–H and O–H groups in total. The number of para-hydroxylation sites is 2. The minimum Gasteiger partial charge on any atom is -0.505 e. The number of nitrogens with zero attached hydrogens (tertiary/aromatic N) is 3. The number of fused-ring (bicyclic) bond motifs is 3. The molecule has 0 bridgehead atoms. The molecule has 0 aliphatic rings. The molecule has 9 rings (SSSR count). The van der Waals surface area contributed by atoms with E-state index in [2.05, 4.69) is 102 Å². The van der Waals surface area contributed by atoms with Gasteiger partial charge in [0, 0.05) is 23.6 Å². The van der Waals surface area contributed by atoms with Gasteiger partial charge in [0.15, 0.2) is 11.5 Å². The molecule has 4 radical (unpaired) electrons. The molecule has 0 aliphatic carbocycles. The van der Waals surface area contributed by atoms with Crippen LogP contribution >= 0.6 is 0 Å². The van der Waals surface area contributed by atoms with E-state index in [0.29, 0.717) is 17.1 Å². The van der Waals surface area contributed by atoms with Crippen LogP contribution in [0.1, 0.15) is 5.56 Å². The van der Waals surface area contributed by atoms with Gasteiger partial charge in [0.05, 0.1) is 11.0 Å². The zero-order valence-electron chi connectivity index (χ0n) is 28.2. The second kappa shape index (κ2) is 12.3. The van der Waals surface area contributed by atoms with Crippen LogP contribution < -0.4 is 10.9 Å². The van der Waals surface area contributed by atoms with E-state index in [-0.39, 0.29) is 16.7 Å². The molecule has 2 heterocycles. The van der Waals surface area contributed by atoms with Gasteiger partial charge in [0.2, 0.25) is 0 Å². The highest BCUT2D eigenvalue weighted by Gasteiger charge is 2.23. The molecule has 0 amide bonds. The number of aromatic nitrogens is 3. The van der Waals surface area contributed by atoms with Crippen LogP contribution in [-0.2, 0) is 0 Å². The Morgan fingerprint density at radius 1 is 0.538 bits per heavy atom. The Morgan fingerprint density at radius 3 is 1.81 bits per heavy atom. The average molecular weight is 665 g/mol. The number of imidazole rings is 1. The maximum absolute atomic E-state index is 10.8. The Hall–Kier alpha value is -6.59. The van der Waals surface area contributed by atoms with E-state index in [1.807, 2.05) is 53.4 Å². The van der Waals surface area contributed by atoms with E-state index in [4.69, 9.17) is 20.7 Å². The van der Waals surface area contributed by atoms with E-state index in [1.165, 1.54) is 5.56 Å². The van der Waals surface area contributed by atoms with Gasteiger partial charge in [0.25, 0.3) is 0 Å². The van der Waals surface area contributed by atoms with Gasteiger partial charge in [-0.05, 0) is 103 Å². The molecule has 0 fully saturated rings. The normalized spacial score (nSPS) is 11.5. The van der Waals surface area contributed by atoms with Crippen LogP contribution in [0.3, 0.4) is 0 Å². The van der Waals surface area contributed by atoms with E-state index < -0.39 is 5.75 Å². The molecule has 0 saturated carbocycles. The summed E-state index contributed by atoms with van der Waals surface area (Å²) in [4.78, 5) is 9.34. The number of phenols is 2. The molecule has 0 atom stereocenters. The Balaban J connectivity index is 1.32. The minimum atomic E-state index is -0.414. The summed E-state index contributed by atoms with van der Waals surface area (Å²) in [6.45, 7) is 1.65. The van der Waals surface area contributed by atoms with Gasteiger partial charge < -0.3 is 10.2 Å². The summed E-state index contributed by atoms with van der Waals surface area (Å²) in [6.07, 6.45) is 3.67. The highest BCUT2D eigenvalue weighted by atomic mass is 16.3. The van der Waals surface area contributed by atoms with Gasteiger partial charge in [-0.25, -0.2) is 4.98 Å². The number of phenolic OH excluding ortho intramolecular Hbond substituents is 2. The summed E-state index contributed by atoms with van der Waals surface area (Å²) in [7, 11) is 13.1. The van der Waals surface area contributed by atoms with Crippen molar-refractivity contribution in [3.63, 3.8) is 0 Å². The molecule has 0 unspecified atom stereocenters. The van der Waals surface area contributed by atoms with Crippen molar-refractivity contribution in [1.82, 2.24) is 14.5 Å². The third kappa shape index (κ3) is 4.81. The Kier molecular flexibility index (Phi) is 7.44. The summed E-state index contributed by atoms with van der Waals surface area (Å²) in [6, 6.07) is 45.9. The van der Waals surface area contributed by atoms with Crippen LogP contribution in [0.15, 0.2) is 146 Å². The summed E-state index contributed by atoms with van der Waals surface area (Å²) < 4.78 is 1.88. The van der Waals surface area contributed by atoms with Gasteiger partial charge >= 0.3 is 0 Å². The predicted molar refractivity (Wildman–Crippen MR) is 214 cm³/mol. The fourth-order valence-electron chi connectivity index (χ4n) is 7.58. The first-order chi connectivity index (χ1) is 25.4. The van der Waals surface area contributed by atoms with E-state index in [0.717, 1.165) is 66.0 Å². The number of benzene rings is 7. The molecule has 52 heavy (non-hydrogen) atoms. The number of rotatable bonds is 5. The quantitative estimate of drug-likeness (QED) is 0.110. The Bertz CT molecular complexity index is 2780. The minimum absolute atomic E-state index is 0.0271. The summed E-state index contributed by atoms with van der Waals surface area (Å²) >= 11 is 0. The summed E-state index contributed by atoms with van der Waals surface area (Å²) in [5.41, 5.74) is 9.97. The maximum Gasteiger partial charge on any atom is 0.159 e. The molecular weight excluding hydrogens is 636 g/mol. The first-order valence-corrected chi connectivity index (χ1v) is 17.0. The van der Waals surface area contributed by atoms with E-state index >= 15 is 0 Å². The van der Waals surface area contributed by atoms with Crippen LogP contribution in [0.25, 0.3) is 83.0 Å². The van der Waals surface area contributed by atoms with Crippen molar-refractivity contribution in [1.29, 1.82) is 0 Å². The first kappa shape index (κ1) is 31.4. The third-order valence-electron chi connectivity index (χ3n) is 10.1. The molecule has 5 nitrogen and oxygen atoms in total. The molecule has 242 valence electrons. The smallest absolute Gasteiger partial charge is 0.159 e. The SMILES string of the molecule is [B]c1c(C)c(O)c(O)c([B])c1-n1c(-c2cccc(-c3c4ccccc4c(-c4ccccc4-c4ccncc4)c4ccccc34)c2)nc2ccccc21. The molecule has 0 spiro atoms. The van der Waals surface area contributed by atoms with Crippen LogP contribution in [-0.4, -0.2) is 40.4 Å². The monoisotopic (exact) mass is 665 g/mol. The van der Waals surface area contributed by atoms with Crippen LogP contribution in [0, 0.1) is 6.92 Å². The van der Waals surface area contributed by atoms with Crippen molar-refractivity contribution in [2.45, 2.75) is 6.92 Å². The second-order valence-electron chi connectivity index (χ2n) is 13.0.